The van der Waals surface area contributed by atoms with E-state index in [1.807, 2.05) is 0 Å². The number of aliphatic carboxylic acids is 1. The fraction of sp³-hybridized carbons (Fsp3) is 0.900. The minimum absolute atomic E-state index is 0.0344. The second-order valence-corrected chi connectivity index (χ2v) is 6.03. The topological polar surface area (TPSA) is 49.3 Å². The first kappa shape index (κ1) is 11.9. The van der Waals surface area contributed by atoms with Crippen LogP contribution in [0.3, 0.4) is 0 Å². The Morgan fingerprint density at radius 3 is 2.79 bits per heavy atom. The molecule has 0 radical (unpaired) electrons. The summed E-state index contributed by atoms with van der Waals surface area (Å²) in [6.45, 7) is 6.48. The first-order valence-corrected chi connectivity index (χ1v) is 6.06. The van der Waals surface area contributed by atoms with Gasteiger partial charge >= 0.3 is 5.97 Å². The van der Waals surface area contributed by atoms with E-state index in [1.54, 1.807) is 11.8 Å². The number of carboxylic acids is 1. The molecule has 1 saturated heterocycles. The van der Waals surface area contributed by atoms with E-state index in [2.05, 4.69) is 26.1 Å². The van der Waals surface area contributed by atoms with Crippen molar-refractivity contribution in [3.05, 3.63) is 0 Å². The Kier molecular flexibility index (Phi) is 3.84. The molecule has 1 rings (SSSR count). The summed E-state index contributed by atoms with van der Waals surface area (Å²) in [7, 11) is 0. The van der Waals surface area contributed by atoms with Gasteiger partial charge in [0.05, 0.1) is 4.87 Å². The van der Waals surface area contributed by atoms with Crippen molar-refractivity contribution in [3.8, 4) is 0 Å². The van der Waals surface area contributed by atoms with Gasteiger partial charge in [-0.25, -0.2) is 0 Å². The lowest BCUT2D eigenvalue weighted by molar-refractivity contribution is -0.138. The van der Waals surface area contributed by atoms with Gasteiger partial charge in [-0.3, -0.25) is 10.1 Å². The number of thioether (sulfide) groups is 1. The zero-order valence-electron chi connectivity index (χ0n) is 9.04. The standard InChI is InChI=1S/C10H19NO2S/c1-7(2)4-5-10(3)11-8(6-14-10)9(12)13/h7-8,11H,4-6H2,1-3H3,(H,12,13)/t8-,10?/m0/s1. The van der Waals surface area contributed by atoms with Crippen molar-refractivity contribution in [3.63, 3.8) is 0 Å². The van der Waals surface area contributed by atoms with Gasteiger partial charge in [0, 0.05) is 5.75 Å². The average molecular weight is 217 g/mol. The molecule has 0 bridgehead atoms. The van der Waals surface area contributed by atoms with E-state index < -0.39 is 5.97 Å². The smallest absolute Gasteiger partial charge is 0.321 e. The molecule has 1 aliphatic rings. The summed E-state index contributed by atoms with van der Waals surface area (Å²) < 4.78 is 0. The van der Waals surface area contributed by atoms with Crippen molar-refractivity contribution in [2.45, 2.75) is 44.5 Å². The lowest BCUT2D eigenvalue weighted by Gasteiger charge is -2.24. The van der Waals surface area contributed by atoms with Crippen LogP contribution in [-0.4, -0.2) is 27.7 Å². The molecule has 1 unspecified atom stereocenters. The minimum Gasteiger partial charge on any atom is -0.480 e. The van der Waals surface area contributed by atoms with E-state index in [9.17, 15) is 4.79 Å². The Hall–Kier alpha value is -0.220. The largest absolute Gasteiger partial charge is 0.480 e. The Morgan fingerprint density at radius 2 is 2.36 bits per heavy atom. The third-order valence-electron chi connectivity index (χ3n) is 2.54. The summed E-state index contributed by atoms with van der Waals surface area (Å²) in [5, 5.41) is 12.0. The normalized spacial score (nSPS) is 32.4. The molecule has 0 spiro atoms. The Morgan fingerprint density at radius 1 is 1.71 bits per heavy atom. The Labute approximate surface area is 89.6 Å². The molecule has 3 nitrogen and oxygen atoms in total. The molecule has 0 aromatic rings. The molecule has 2 N–H and O–H groups in total. The maximum atomic E-state index is 10.8. The summed E-state index contributed by atoms with van der Waals surface area (Å²) in [6, 6.07) is -0.364. The van der Waals surface area contributed by atoms with Gasteiger partial charge in [0.1, 0.15) is 6.04 Å². The fourth-order valence-electron chi connectivity index (χ4n) is 1.56. The number of rotatable bonds is 4. The number of hydrogen-bond acceptors (Lipinski definition) is 3. The van der Waals surface area contributed by atoms with Crippen LogP contribution < -0.4 is 5.32 Å². The molecule has 1 heterocycles. The van der Waals surface area contributed by atoms with Crippen LogP contribution in [0, 0.1) is 5.92 Å². The predicted molar refractivity (Wildman–Crippen MR) is 59.5 cm³/mol. The third kappa shape index (κ3) is 3.17. The van der Waals surface area contributed by atoms with Gasteiger partial charge in [-0.2, -0.15) is 0 Å². The number of carboxylic acid groups (broad SMARTS) is 1. The van der Waals surface area contributed by atoms with E-state index in [4.69, 9.17) is 5.11 Å². The van der Waals surface area contributed by atoms with Crippen molar-refractivity contribution in [1.82, 2.24) is 5.32 Å². The van der Waals surface area contributed by atoms with E-state index in [0.717, 1.165) is 12.8 Å². The number of carbonyl (C=O) groups is 1. The van der Waals surface area contributed by atoms with Crippen molar-refractivity contribution in [2.24, 2.45) is 5.92 Å². The molecule has 1 aliphatic heterocycles. The third-order valence-corrected chi connectivity index (χ3v) is 4.00. The van der Waals surface area contributed by atoms with E-state index in [0.29, 0.717) is 11.7 Å². The molecular formula is C10H19NO2S. The molecule has 1 fully saturated rings. The van der Waals surface area contributed by atoms with Gasteiger partial charge in [0.15, 0.2) is 0 Å². The second-order valence-electron chi connectivity index (χ2n) is 4.51. The van der Waals surface area contributed by atoms with Crippen LogP contribution in [0.2, 0.25) is 0 Å². The average Bonchev–Trinajstić information content (AvgIpc) is 2.46. The molecule has 0 aromatic carbocycles. The molecule has 2 atom stereocenters. The highest BCUT2D eigenvalue weighted by Crippen LogP contribution is 2.34. The van der Waals surface area contributed by atoms with Crippen LogP contribution in [0.5, 0.6) is 0 Å². The van der Waals surface area contributed by atoms with Gasteiger partial charge in [-0.1, -0.05) is 13.8 Å². The van der Waals surface area contributed by atoms with Crippen molar-refractivity contribution in [2.75, 3.05) is 5.75 Å². The lowest BCUT2D eigenvalue weighted by atomic mass is 10.0. The molecule has 0 aromatic heterocycles. The summed E-state index contributed by atoms with van der Waals surface area (Å²) in [5.74, 6) is 0.632. The number of nitrogens with one attached hydrogen (secondary N) is 1. The van der Waals surface area contributed by atoms with Crippen molar-refractivity contribution in [1.29, 1.82) is 0 Å². The highest BCUT2D eigenvalue weighted by molar-refractivity contribution is 8.00. The molecule has 0 aliphatic carbocycles. The Bertz CT molecular complexity index is 220. The predicted octanol–water partition coefficient (Wildman–Crippen LogP) is 1.93. The van der Waals surface area contributed by atoms with E-state index in [-0.39, 0.29) is 10.9 Å². The highest BCUT2D eigenvalue weighted by atomic mass is 32.2. The van der Waals surface area contributed by atoms with Crippen LogP contribution in [-0.2, 0) is 4.79 Å². The fourth-order valence-corrected chi connectivity index (χ4v) is 2.81. The molecule has 14 heavy (non-hydrogen) atoms. The quantitative estimate of drug-likeness (QED) is 0.755. The van der Waals surface area contributed by atoms with E-state index >= 15 is 0 Å². The molecule has 4 heteroatoms. The zero-order chi connectivity index (χ0) is 10.8. The van der Waals surface area contributed by atoms with E-state index in [1.165, 1.54) is 0 Å². The maximum Gasteiger partial charge on any atom is 0.321 e. The SMILES string of the molecule is CC(C)CCC1(C)N[C@H](C(=O)O)CS1. The van der Waals surface area contributed by atoms with Crippen LogP contribution in [0.4, 0.5) is 0 Å². The molecule has 82 valence electrons. The van der Waals surface area contributed by atoms with Crippen LogP contribution in [0.1, 0.15) is 33.6 Å². The van der Waals surface area contributed by atoms with Gasteiger partial charge in [0.2, 0.25) is 0 Å². The second kappa shape index (κ2) is 4.53. The Balaban J connectivity index is 2.41. The molecular weight excluding hydrogens is 198 g/mol. The monoisotopic (exact) mass is 217 g/mol. The molecule has 0 amide bonds. The summed E-state index contributed by atoms with van der Waals surface area (Å²) in [5.41, 5.74) is 0. The molecule has 0 saturated carbocycles. The zero-order valence-corrected chi connectivity index (χ0v) is 9.86. The summed E-state index contributed by atoms with van der Waals surface area (Å²) in [6.07, 6.45) is 2.18. The van der Waals surface area contributed by atoms with Gasteiger partial charge in [-0.15, -0.1) is 11.8 Å². The van der Waals surface area contributed by atoms with Crippen LogP contribution in [0.25, 0.3) is 0 Å². The first-order chi connectivity index (χ1) is 6.43. The van der Waals surface area contributed by atoms with Crippen molar-refractivity contribution >= 4 is 17.7 Å². The van der Waals surface area contributed by atoms with Gasteiger partial charge < -0.3 is 5.11 Å². The first-order valence-electron chi connectivity index (χ1n) is 5.07. The van der Waals surface area contributed by atoms with Gasteiger partial charge in [0.25, 0.3) is 0 Å². The van der Waals surface area contributed by atoms with Crippen LogP contribution in [0.15, 0.2) is 0 Å². The van der Waals surface area contributed by atoms with Crippen molar-refractivity contribution < 1.29 is 9.90 Å². The highest BCUT2D eigenvalue weighted by Gasteiger charge is 2.37. The number of hydrogen-bond donors (Lipinski definition) is 2. The maximum absolute atomic E-state index is 10.8. The van der Waals surface area contributed by atoms with Crippen LogP contribution >= 0.6 is 11.8 Å². The minimum atomic E-state index is -0.731. The summed E-state index contributed by atoms with van der Waals surface area (Å²) >= 11 is 1.73. The summed E-state index contributed by atoms with van der Waals surface area (Å²) in [4.78, 5) is 10.7. The lowest BCUT2D eigenvalue weighted by Crippen LogP contribution is -2.43. The van der Waals surface area contributed by atoms with Gasteiger partial charge in [-0.05, 0) is 25.7 Å².